The lowest BCUT2D eigenvalue weighted by atomic mass is 9.98. The molecule has 1 heterocycles. The van der Waals surface area contributed by atoms with E-state index in [1.807, 2.05) is 0 Å². The molecule has 0 fully saturated rings. The van der Waals surface area contributed by atoms with Crippen molar-refractivity contribution in [2.24, 2.45) is 0 Å². The van der Waals surface area contributed by atoms with Gasteiger partial charge in [0.05, 0.1) is 5.92 Å². The Bertz CT molecular complexity index is 427. The van der Waals surface area contributed by atoms with E-state index in [-0.39, 0.29) is 0 Å². The van der Waals surface area contributed by atoms with E-state index in [0.29, 0.717) is 5.92 Å². The van der Waals surface area contributed by atoms with Crippen LogP contribution in [-0.4, -0.2) is 16.8 Å². The van der Waals surface area contributed by atoms with Crippen LogP contribution in [0.25, 0.3) is 0 Å². The summed E-state index contributed by atoms with van der Waals surface area (Å²) in [6.45, 7) is 7.61. The predicted octanol–water partition coefficient (Wildman–Crippen LogP) is 3.48. The summed E-state index contributed by atoms with van der Waals surface area (Å²) in [4.78, 5) is 0. The standard InChI is InChI=1S/C14H18N/c1-4-8-13-11(3)12-9-6-7-10-14(12)15(13)5-2/h4,6-11H,5H2,1-3H3/q+1. The van der Waals surface area contributed by atoms with E-state index < -0.39 is 0 Å². The molecule has 1 unspecified atom stereocenters. The summed E-state index contributed by atoms with van der Waals surface area (Å²) in [5.41, 5.74) is 4.24. The fourth-order valence-electron chi connectivity index (χ4n) is 2.39. The fourth-order valence-corrected chi connectivity index (χ4v) is 2.39. The summed E-state index contributed by atoms with van der Waals surface area (Å²) in [5.74, 6) is 0.525. The maximum absolute atomic E-state index is 2.40. The van der Waals surface area contributed by atoms with Crippen molar-refractivity contribution in [3.05, 3.63) is 42.0 Å². The van der Waals surface area contributed by atoms with E-state index >= 15 is 0 Å². The SMILES string of the molecule is CC=CC1=[N+](CC)c2ccccc2C1C. The Labute approximate surface area is 91.8 Å². The number of fused-ring (bicyclic) bond motifs is 1. The molecule has 1 atom stereocenters. The van der Waals surface area contributed by atoms with Crippen LogP contribution in [0.2, 0.25) is 0 Å². The van der Waals surface area contributed by atoms with E-state index in [0.717, 1.165) is 6.54 Å². The molecular weight excluding hydrogens is 182 g/mol. The van der Waals surface area contributed by atoms with Crippen LogP contribution in [0.4, 0.5) is 5.69 Å². The second kappa shape index (κ2) is 4.01. The first kappa shape index (κ1) is 10.2. The second-order valence-electron chi connectivity index (χ2n) is 3.95. The number of hydrogen-bond acceptors (Lipinski definition) is 0. The van der Waals surface area contributed by atoms with E-state index in [1.54, 1.807) is 0 Å². The minimum absolute atomic E-state index is 0.525. The van der Waals surface area contributed by atoms with Crippen molar-refractivity contribution in [3.8, 4) is 0 Å². The van der Waals surface area contributed by atoms with Gasteiger partial charge in [-0.2, -0.15) is 4.58 Å². The minimum Gasteiger partial charge on any atom is -0.196 e. The summed E-state index contributed by atoms with van der Waals surface area (Å²) in [5, 5.41) is 0. The molecule has 1 nitrogen and oxygen atoms in total. The molecule has 0 N–H and O–H groups in total. The summed E-state index contributed by atoms with van der Waals surface area (Å²) in [6.07, 6.45) is 4.36. The van der Waals surface area contributed by atoms with Gasteiger partial charge in [-0.05, 0) is 20.8 Å². The lowest BCUT2D eigenvalue weighted by Crippen LogP contribution is -2.12. The zero-order valence-electron chi connectivity index (χ0n) is 9.70. The zero-order valence-corrected chi connectivity index (χ0v) is 9.70. The molecule has 0 amide bonds. The topological polar surface area (TPSA) is 3.01 Å². The van der Waals surface area contributed by atoms with Crippen molar-refractivity contribution >= 4 is 11.4 Å². The predicted molar refractivity (Wildman–Crippen MR) is 65.1 cm³/mol. The molecule has 0 aromatic heterocycles. The Balaban J connectivity index is 2.58. The van der Waals surface area contributed by atoms with Crippen LogP contribution in [0, 0.1) is 0 Å². The monoisotopic (exact) mass is 200 g/mol. The van der Waals surface area contributed by atoms with E-state index in [1.165, 1.54) is 17.0 Å². The Morgan fingerprint density at radius 3 is 2.73 bits per heavy atom. The average Bonchev–Trinajstić information content (AvgIpc) is 2.54. The third kappa shape index (κ3) is 1.52. The molecule has 1 aliphatic rings. The number of rotatable bonds is 2. The van der Waals surface area contributed by atoms with Crippen LogP contribution in [0.3, 0.4) is 0 Å². The van der Waals surface area contributed by atoms with Crippen molar-refractivity contribution in [2.75, 3.05) is 6.54 Å². The fraction of sp³-hybridized carbons (Fsp3) is 0.357. The van der Waals surface area contributed by atoms with Gasteiger partial charge >= 0.3 is 0 Å². The first-order valence-corrected chi connectivity index (χ1v) is 5.65. The van der Waals surface area contributed by atoms with Gasteiger partial charge in [0, 0.05) is 17.7 Å². The average molecular weight is 200 g/mol. The van der Waals surface area contributed by atoms with Crippen LogP contribution >= 0.6 is 0 Å². The number of hydrogen-bond donors (Lipinski definition) is 0. The molecule has 78 valence electrons. The Morgan fingerprint density at radius 1 is 1.33 bits per heavy atom. The molecule has 15 heavy (non-hydrogen) atoms. The summed E-state index contributed by atoms with van der Waals surface area (Å²) in [7, 11) is 0. The van der Waals surface area contributed by atoms with Gasteiger partial charge in [-0.25, -0.2) is 0 Å². The quantitative estimate of drug-likeness (QED) is 0.643. The van der Waals surface area contributed by atoms with Crippen LogP contribution in [-0.2, 0) is 0 Å². The molecule has 0 radical (unpaired) electrons. The van der Waals surface area contributed by atoms with Crippen molar-refractivity contribution in [1.29, 1.82) is 0 Å². The van der Waals surface area contributed by atoms with Crippen LogP contribution < -0.4 is 0 Å². The molecule has 1 aromatic carbocycles. The maximum atomic E-state index is 2.40. The van der Waals surface area contributed by atoms with Gasteiger partial charge in [0.15, 0.2) is 5.71 Å². The highest BCUT2D eigenvalue weighted by Crippen LogP contribution is 2.34. The molecule has 2 rings (SSSR count). The molecule has 0 saturated carbocycles. The molecule has 1 heteroatoms. The molecule has 0 aliphatic carbocycles. The first-order chi connectivity index (χ1) is 7.29. The van der Waals surface area contributed by atoms with E-state index in [9.17, 15) is 0 Å². The molecule has 0 saturated heterocycles. The van der Waals surface area contributed by atoms with E-state index in [4.69, 9.17) is 0 Å². The highest BCUT2D eigenvalue weighted by molar-refractivity contribution is 5.99. The third-order valence-corrected chi connectivity index (χ3v) is 3.10. The second-order valence-corrected chi connectivity index (χ2v) is 3.95. The van der Waals surface area contributed by atoms with Crippen molar-refractivity contribution in [1.82, 2.24) is 0 Å². The zero-order chi connectivity index (χ0) is 10.8. The lowest BCUT2D eigenvalue weighted by Gasteiger charge is -1.98. The maximum Gasteiger partial charge on any atom is 0.209 e. The van der Waals surface area contributed by atoms with E-state index in [2.05, 4.69) is 61.8 Å². The summed E-state index contributed by atoms with van der Waals surface area (Å²) >= 11 is 0. The number of para-hydroxylation sites is 1. The van der Waals surface area contributed by atoms with Crippen LogP contribution in [0.1, 0.15) is 32.3 Å². The summed E-state index contributed by atoms with van der Waals surface area (Å²) < 4.78 is 2.40. The lowest BCUT2D eigenvalue weighted by molar-refractivity contribution is -0.432. The van der Waals surface area contributed by atoms with Crippen LogP contribution in [0.15, 0.2) is 36.4 Å². The normalized spacial score (nSPS) is 20.1. The molecule has 0 bridgehead atoms. The number of benzene rings is 1. The number of allylic oxidation sites excluding steroid dienone is 2. The Hall–Kier alpha value is -1.37. The molecule has 1 aliphatic heterocycles. The minimum atomic E-state index is 0.525. The van der Waals surface area contributed by atoms with Gasteiger partial charge in [0.25, 0.3) is 0 Å². The Morgan fingerprint density at radius 2 is 2.07 bits per heavy atom. The molecular formula is C14H18N+. The third-order valence-electron chi connectivity index (χ3n) is 3.10. The Kier molecular flexibility index (Phi) is 2.72. The smallest absolute Gasteiger partial charge is 0.196 e. The van der Waals surface area contributed by atoms with Crippen molar-refractivity contribution in [3.63, 3.8) is 0 Å². The highest BCUT2D eigenvalue weighted by atomic mass is 15.0. The van der Waals surface area contributed by atoms with Crippen molar-refractivity contribution < 1.29 is 4.58 Å². The summed E-state index contributed by atoms with van der Waals surface area (Å²) in [6, 6.07) is 8.69. The molecule has 1 aromatic rings. The van der Waals surface area contributed by atoms with Gasteiger partial charge in [0.1, 0.15) is 6.54 Å². The molecule has 0 spiro atoms. The van der Waals surface area contributed by atoms with Gasteiger partial charge < -0.3 is 0 Å². The largest absolute Gasteiger partial charge is 0.209 e. The van der Waals surface area contributed by atoms with Crippen LogP contribution in [0.5, 0.6) is 0 Å². The van der Waals surface area contributed by atoms with Crippen molar-refractivity contribution in [2.45, 2.75) is 26.7 Å². The van der Waals surface area contributed by atoms with Gasteiger partial charge in [-0.3, -0.25) is 0 Å². The highest BCUT2D eigenvalue weighted by Gasteiger charge is 2.33. The first-order valence-electron chi connectivity index (χ1n) is 5.65. The number of nitrogens with zero attached hydrogens (tertiary/aromatic N) is 1. The van der Waals surface area contributed by atoms with Gasteiger partial charge in [-0.15, -0.1) is 0 Å². The van der Waals surface area contributed by atoms with Gasteiger partial charge in [-0.1, -0.05) is 24.3 Å². The van der Waals surface area contributed by atoms with Gasteiger partial charge in [0.2, 0.25) is 5.69 Å².